The van der Waals surface area contributed by atoms with Crippen LogP contribution in [0, 0.1) is 23.2 Å². The van der Waals surface area contributed by atoms with E-state index >= 15 is 0 Å². The van der Waals surface area contributed by atoms with Crippen LogP contribution in [0.5, 0.6) is 0 Å². The maximum atomic E-state index is 8.79. The van der Waals surface area contributed by atoms with Crippen LogP contribution in [0.25, 0.3) is 0 Å². The summed E-state index contributed by atoms with van der Waals surface area (Å²) < 4.78 is 0. The number of nitrogens with zero attached hydrogens (tertiary/aromatic N) is 2. The zero-order valence-corrected chi connectivity index (χ0v) is 11.0. The average molecular weight is 243 g/mol. The van der Waals surface area contributed by atoms with Crippen molar-refractivity contribution in [3.63, 3.8) is 0 Å². The van der Waals surface area contributed by atoms with Gasteiger partial charge in [-0.25, -0.2) is 4.98 Å². The van der Waals surface area contributed by atoms with E-state index in [1.54, 1.807) is 6.20 Å². The molecule has 3 nitrogen and oxygen atoms in total. The van der Waals surface area contributed by atoms with Crippen LogP contribution < -0.4 is 5.32 Å². The third-order valence-electron chi connectivity index (χ3n) is 3.75. The lowest BCUT2D eigenvalue weighted by Crippen LogP contribution is -2.26. The van der Waals surface area contributed by atoms with Crippen LogP contribution in [0.1, 0.15) is 43.9 Å². The first kappa shape index (κ1) is 13.0. The van der Waals surface area contributed by atoms with Crippen LogP contribution in [0.2, 0.25) is 0 Å². The Labute approximate surface area is 109 Å². The van der Waals surface area contributed by atoms with E-state index in [2.05, 4.69) is 23.3 Å². The van der Waals surface area contributed by atoms with E-state index in [-0.39, 0.29) is 0 Å². The highest BCUT2D eigenvalue weighted by Gasteiger charge is 2.18. The first-order chi connectivity index (χ1) is 8.78. The smallest absolute Gasteiger partial charge is 0.140 e. The molecule has 1 heterocycles. The van der Waals surface area contributed by atoms with Crippen molar-refractivity contribution in [3.05, 3.63) is 29.6 Å². The average Bonchev–Trinajstić information content (AvgIpc) is 2.39. The summed E-state index contributed by atoms with van der Waals surface area (Å²) in [6.07, 6.45) is 7.19. The number of rotatable bonds is 4. The zero-order chi connectivity index (χ0) is 12.8. The number of aromatic nitrogens is 1. The van der Waals surface area contributed by atoms with Crippen molar-refractivity contribution < 1.29 is 0 Å². The Hall–Kier alpha value is -1.40. The van der Waals surface area contributed by atoms with Crippen LogP contribution in [-0.2, 0) is 6.54 Å². The molecule has 18 heavy (non-hydrogen) atoms. The molecule has 0 amide bonds. The second-order valence-electron chi connectivity index (χ2n) is 5.43. The SMILES string of the molecule is CC1CCCC(CNCc2ccnc(C#N)c2)C1. The van der Waals surface area contributed by atoms with Crippen molar-refractivity contribution in [3.8, 4) is 6.07 Å². The van der Waals surface area contributed by atoms with Crippen LogP contribution in [0.4, 0.5) is 0 Å². The summed E-state index contributed by atoms with van der Waals surface area (Å²) in [5.74, 6) is 1.71. The highest BCUT2D eigenvalue weighted by atomic mass is 14.9. The molecule has 1 fully saturated rings. The van der Waals surface area contributed by atoms with E-state index in [1.165, 1.54) is 25.7 Å². The molecule has 1 aromatic rings. The fraction of sp³-hybridized carbons (Fsp3) is 0.600. The molecular formula is C15H21N3. The topological polar surface area (TPSA) is 48.7 Å². The predicted molar refractivity (Wildman–Crippen MR) is 71.8 cm³/mol. The van der Waals surface area contributed by atoms with Gasteiger partial charge < -0.3 is 5.32 Å². The van der Waals surface area contributed by atoms with Gasteiger partial charge >= 0.3 is 0 Å². The molecule has 1 aromatic heterocycles. The minimum Gasteiger partial charge on any atom is -0.312 e. The highest BCUT2D eigenvalue weighted by molar-refractivity contribution is 5.25. The monoisotopic (exact) mass is 243 g/mol. The molecule has 2 rings (SSSR count). The molecule has 1 saturated carbocycles. The molecule has 0 aromatic carbocycles. The van der Waals surface area contributed by atoms with Gasteiger partial charge in [0.05, 0.1) is 0 Å². The zero-order valence-electron chi connectivity index (χ0n) is 11.0. The van der Waals surface area contributed by atoms with E-state index in [0.29, 0.717) is 5.69 Å². The predicted octanol–water partition coefficient (Wildman–Crippen LogP) is 2.87. The molecule has 3 heteroatoms. The van der Waals surface area contributed by atoms with Gasteiger partial charge in [0.25, 0.3) is 0 Å². The highest BCUT2D eigenvalue weighted by Crippen LogP contribution is 2.27. The van der Waals surface area contributed by atoms with Crippen molar-refractivity contribution in [1.82, 2.24) is 10.3 Å². The van der Waals surface area contributed by atoms with Crippen LogP contribution in [0.3, 0.4) is 0 Å². The minimum absolute atomic E-state index is 0.501. The minimum atomic E-state index is 0.501. The lowest BCUT2D eigenvalue weighted by atomic mass is 9.82. The molecule has 0 bridgehead atoms. The van der Waals surface area contributed by atoms with E-state index < -0.39 is 0 Å². The maximum Gasteiger partial charge on any atom is 0.140 e. The van der Waals surface area contributed by atoms with Crippen molar-refractivity contribution >= 4 is 0 Å². The molecule has 96 valence electrons. The van der Waals surface area contributed by atoms with Gasteiger partial charge in [0.1, 0.15) is 11.8 Å². The van der Waals surface area contributed by atoms with E-state index in [9.17, 15) is 0 Å². The molecule has 0 aliphatic heterocycles. The van der Waals surface area contributed by atoms with Gasteiger partial charge in [-0.2, -0.15) is 5.26 Å². The number of nitrogens with one attached hydrogen (secondary N) is 1. The van der Waals surface area contributed by atoms with Crippen molar-refractivity contribution in [2.24, 2.45) is 11.8 Å². The third kappa shape index (κ3) is 3.82. The number of hydrogen-bond donors (Lipinski definition) is 1. The Morgan fingerprint density at radius 2 is 2.39 bits per heavy atom. The van der Waals surface area contributed by atoms with Crippen LogP contribution >= 0.6 is 0 Å². The van der Waals surface area contributed by atoms with Gasteiger partial charge in [0.2, 0.25) is 0 Å². The Balaban J connectivity index is 1.76. The number of hydrogen-bond acceptors (Lipinski definition) is 3. The van der Waals surface area contributed by atoms with E-state index in [1.807, 2.05) is 12.1 Å². The first-order valence-corrected chi connectivity index (χ1v) is 6.83. The molecule has 2 unspecified atom stereocenters. The molecule has 0 spiro atoms. The standard InChI is InChI=1S/C15H21N3/c1-12-3-2-4-13(7-12)10-17-11-14-5-6-18-15(8-14)9-16/h5-6,8,12-13,17H,2-4,7,10-11H2,1H3. The molecular weight excluding hydrogens is 222 g/mol. The van der Waals surface area contributed by atoms with Crippen molar-refractivity contribution in [1.29, 1.82) is 5.26 Å². The van der Waals surface area contributed by atoms with Gasteiger partial charge in [-0.15, -0.1) is 0 Å². The summed E-state index contributed by atoms with van der Waals surface area (Å²) in [7, 11) is 0. The normalized spacial score (nSPS) is 23.6. The summed E-state index contributed by atoms with van der Waals surface area (Å²) in [4.78, 5) is 3.98. The Morgan fingerprint density at radius 1 is 1.50 bits per heavy atom. The summed E-state index contributed by atoms with van der Waals surface area (Å²) in [5.41, 5.74) is 1.64. The summed E-state index contributed by atoms with van der Waals surface area (Å²) in [5, 5.41) is 12.3. The maximum absolute atomic E-state index is 8.79. The molecule has 1 aliphatic carbocycles. The number of nitriles is 1. The van der Waals surface area contributed by atoms with Crippen LogP contribution in [0.15, 0.2) is 18.3 Å². The van der Waals surface area contributed by atoms with E-state index in [0.717, 1.165) is 30.5 Å². The lowest BCUT2D eigenvalue weighted by molar-refractivity contribution is 0.274. The summed E-state index contributed by atoms with van der Waals surface area (Å²) in [6, 6.07) is 5.90. The van der Waals surface area contributed by atoms with Crippen molar-refractivity contribution in [2.45, 2.75) is 39.2 Å². The Kier molecular flexibility index (Phi) is 4.72. The fourth-order valence-electron chi connectivity index (χ4n) is 2.81. The van der Waals surface area contributed by atoms with E-state index in [4.69, 9.17) is 5.26 Å². The second kappa shape index (κ2) is 6.51. The molecule has 0 radical (unpaired) electrons. The van der Waals surface area contributed by atoms with Gasteiger partial charge in [-0.05, 0) is 48.9 Å². The number of pyridine rings is 1. The first-order valence-electron chi connectivity index (χ1n) is 6.83. The summed E-state index contributed by atoms with van der Waals surface area (Å²) in [6.45, 7) is 4.28. The van der Waals surface area contributed by atoms with Gasteiger partial charge in [-0.3, -0.25) is 0 Å². The Bertz CT molecular complexity index is 422. The third-order valence-corrected chi connectivity index (χ3v) is 3.75. The largest absolute Gasteiger partial charge is 0.312 e. The molecule has 1 aliphatic rings. The van der Waals surface area contributed by atoms with Gasteiger partial charge in [-0.1, -0.05) is 19.8 Å². The second-order valence-corrected chi connectivity index (χ2v) is 5.43. The summed E-state index contributed by atoms with van der Waals surface area (Å²) >= 11 is 0. The Morgan fingerprint density at radius 3 is 3.17 bits per heavy atom. The van der Waals surface area contributed by atoms with Gasteiger partial charge in [0.15, 0.2) is 0 Å². The molecule has 0 saturated heterocycles. The lowest BCUT2D eigenvalue weighted by Gasteiger charge is -2.26. The van der Waals surface area contributed by atoms with Gasteiger partial charge in [0, 0.05) is 12.7 Å². The quantitative estimate of drug-likeness (QED) is 0.884. The van der Waals surface area contributed by atoms with Crippen LogP contribution in [-0.4, -0.2) is 11.5 Å². The molecule has 1 N–H and O–H groups in total. The van der Waals surface area contributed by atoms with Crippen molar-refractivity contribution in [2.75, 3.05) is 6.54 Å². The fourth-order valence-corrected chi connectivity index (χ4v) is 2.81. The molecule has 2 atom stereocenters.